The third-order valence-corrected chi connectivity index (χ3v) is 4.41. The summed E-state index contributed by atoms with van der Waals surface area (Å²) in [5.41, 5.74) is 2.52. The number of halogens is 2. The molecule has 0 radical (unpaired) electrons. The summed E-state index contributed by atoms with van der Waals surface area (Å²) in [4.78, 5) is 2.44. The lowest BCUT2D eigenvalue weighted by molar-refractivity contribution is 0.719. The van der Waals surface area contributed by atoms with Crippen molar-refractivity contribution in [3.8, 4) is 0 Å². The second-order valence-electron chi connectivity index (χ2n) is 4.86. The number of rotatable bonds is 2. The Morgan fingerprint density at radius 1 is 0.947 bits per heavy atom. The van der Waals surface area contributed by atoms with Crippen LogP contribution < -0.4 is 4.90 Å². The molecular weight excluding hydrogens is 277 g/mol. The van der Waals surface area contributed by atoms with Crippen molar-refractivity contribution in [3.05, 3.63) is 64.1 Å². The molecule has 0 aromatic heterocycles. The van der Waals surface area contributed by atoms with E-state index >= 15 is 0 Å². The van der Waals surface area contributed by atoms with Gasteiger partial charge in [-0.1, -0.05) is 47.5 Å². The van der Waals surface area contributed by atoms with E-state index in [0.717, 1.165) is 13.0 Å². The molecule has 0 saturated carbocycles. The normalized spacial score (nSPS) is 18.8. The molecule has 2 aromatic rings. The molecule has 0 bridgehead atoms. The molecule has 3 heteroatoms. The fraction of sp³-hybridized carbons (Fsp3) is 0.250. The molecular formula is C16H15Cl2N. The Morgan fingerprint density at radius 2 is 1.74 bits per heavy atom. The zero-order chi connectivity index (χ0) is 13.2. The molecule has 19 heavy (non-hydrogen) atoms. The minimum absolute atomic E-state index is 0.400. The van der Waals surface area contributed by atoms with Gasteiger partial charge in [0.25, 0.3) is 0 Å². The molecule has 0 amide bonds. The number of benzene rings is 2. The van der Waals surface area contributed by atoms with Crippen molar-refractivity contribution < 1.29 is 0 Å². The highest BCUT2D eigenvalue weighted by Gasteiger charge is 2.26. The van der Waals surface area contributed by atoms with E-state index < -0.39 is 0 Å². The average Bonchev–Trinajstić information content (AvgIpc) is 2.92. The van der Waals surface area contributed by atoms with Gasteiger partial charge in [-0.15, -0.1) is 0 Å². The Bertz CT molecular complexity index is 568. The summed E-state index contributed by atoms with van der Waals surface area (Å²) in [6.45, 7) is 1.09. The highest BCUT2D eigenvalue weighted by atomic mass is 35.5. The van der Waals surface area contributed by atoms with Crippen LogP contribution >= 0.6 is 23.2 Å². The Morgan fingerprint density at radius 3 is 2.47 bits per heavy atom. The van der Waals surface area contributed by atoms with Crippen LogP contribution in [-0.2, 0) is 0 Å². The van der Waals surface area contributed by atoms with E-state index in [2.05, 4.69) is 35.2 Å². The van der Waals surface area contributed by atoms with Gasteiger partial charge in [-0.05, 0) is 42.7 Å². The van der Waals surface area contributed by atoms with E-state index in [1.165, 1.54) is 17.7 Å². The maximum Gasteiger partial charge on any atom is 0.0595 e. The molecule has 1 nitrogen and oxygen atoms in total. The van der Waals surface area contributed by atoms with Gasteiger partial charge in [-0.25, -0.2) is 0 Å². The molecule has 2 aromatic carbocycles. The molecule has 0 spiro atoms. The van der Waals surface area contributed by atoms with Crippen molar-refractivity contribution in [1.82, 2.24) is 0 Å². The molecule has 98 valence electrons. The molecule has 1 fully saturated rings. The monoisotopic (exact) mass is 291 g/mol. The third kappa shape index (κ3) is 2.58. The molecule has 1 unspecified atom stereocenters. The van der Waals surface area contributed by atoms with Crippen LogP contribution in [0.3, 0.4) is 0 Å². The van der Waals surface area contributed by atoms with Gasteiger partial charge < -0.3 is 4.90 Å². The first-order chi connectivity index (χ1) is 9.25. The smallest absolute Gasteiger partial charge is 0.0595 e. The molecule has 0 aliphatic carbocycles. The Labute approximate surface area is 123 Å². The Hall–Kier alpha value is -1.18. The minimum atomic E-state index is 0.400. The van der Waals surface area contributed by atoms with Gasteiger partial charge in [-0.3, -0.25) is 0 Å². The highest BCUT2D eigenvalue weighted by Crippen LogP contribution is 2.37. The first-order valence-electron chi connectivity index (χ1n) is 6.52. The van der Waals surface area contributed by atoms with Crippen LogP contribution in [0.2, 0.25) is 10.0 Å². The van der Waals surface area contributed by atoms with Gasteiger partial charge in [0.2, 0.25) is 0 Å². The van der Waals surface area contributed by atoms with Crippen molar-refractivity contribution in [2.24, 2.45) is 0 Å². The van der Waals surface area contributed by atoms with E-state index in [-0.39, 0.29) is 0 Å². The second kappa shape index (κ2) is 5.44. The molecule has 1 saturated heterocycles. The van der Waals surface area contributed by atoms with E-state index in [9.17, 15) is 0 Å². The van der Waals surface area contributed by atoms with Gasteiger partial charge in [-0.2, -0.15) is 0 Å². The predicted molar refractivity (Wildman–Crippen MR) is 82.2 cm³/mol. The SMILES string of the molecule is Clc1ccc(C2CCCN2c2ccccc2)cc1Cl. The van der Waals surface area contributed by atoms with Gasteiger partial charge in [0.1, 0.15) is 0 Å². The summed E-state index contributed by atoms with van der Waals surface area (Å²) in [5, 5.41) is 1.26. The third-order valence-electron chi connectivity index (χ3n) is 3.67. The highest BCUT2D eigenvalue weighted by molar-refractivity contribution is 6.42. The van der Waals surface area contributed by atoms with Crippen molar-refractivity contribution in [1.29, 1.82) is 0 Å². The lowest BCUT2D eigenvalue weighted by atomic mass is 10.0. The maximum absolute atomic E-state index is 6.14. The average molecular weight is 292 g/mol. The van der Waals surface area contributed by atoms with Crippen LogP contribution in [-0.4, -0.2) is 6.54 Å². The predicted octanol–water partition coefficient (Wildman–Crippen LogP) is 5.33. The number of para-hydroxylation sites is 1. The molecule has 3 rings (SSSR count). The van der Waals surface area contributed by atoms with E-state index in [1.54, 1.807) is 0 Å². The van der Waals surface area contributed by atoms with Crippen LogP contribution in [0.15, 0.2) is 48.5 Å². The first-order valence-corrected chi connectivity index (χ1v) is 7.28. The zero-order valence-corrected chi connectivity index (χ0v) is 12.0. The second-order valence-corrected chi connectivity index (χ2v) is 5.67. The van der Waals surface area contributed by atoms with Crippen molar-refractivity contribution >= 4 is 28.9 Å². The number of nitrogens with zero attached hydrogens (tertiary/aromatic N) is 1. The van der Waals surface area contributed by atoms with E-state index in [1.807, 2.05) is 18.2 Å². The quantitative estimate of drug-likeness (QED) is 0.722. The molecule has 1 heterocycles. The summed E-state index contributed by atoms with van der Waals surface area (Å²) >= 11 is 12.1. The van der Waals surface area contributed by atoms with Crippen LogP contribution in [0, 0.1) is 0 Å². The van der Waals surface area contributed by atoms with E-state index in [0.29, 0.717) is 16.1 Å². The summed E-state index contributed by atoms with van der Waals surface area (Å²) in [6, 6.07) is 16.9. The van der Waals surface area contributed by atoms with Crippen molar-refractivity contribution in [3.63, 3.8) is 0 Å². The summed E-state index contributed by atoms with van der Waals surface area (Å²) < 4.78 is 0. The van der Waals surface area contributed by atoms with Crippen LogP contribution in [0.4, 0.5) is 5.69 Å². The molecule has 1 aliphatic rings. The van der Waals surface area contributed by atoms with Crippen molar-refractivity contribution in [2.75, 3.05) is 11.4 Å². The summed E-state index contributed by atoms with van der Waals surface area (Å²) in [5.74, 6) is 0. The van der Waals surface area contributed by atoms with Crippen LogP contribution in [0.25, 0.3) is 0 Å². The van der Waals surface area contributed by atoms with Gasteiger partial charge >= 0.3 is 0 Å². The standard InChI is InChI=1S/C16H15Cl2N/c17-14-9-8-12(11-15(14)18)16-7-4-10-19(16)13-5-2-1-3-6-13/h1-3,5-6,8-9,11,16H,4,7,10H2. The molecule has 0 N–H and O–H groups in total. The Kier molecular flexibility index (Phi) is 3.67. The summed E-state index contributed by atoms with van der Waals surface area (Å²) in [7, 11) is 0. The van der Waals surface area contributed by atoms with Gasteiger partial charge in [0, 0.05) is 12.2 Å². The van der Waals surface area contributed by atoms with Gasteiger partial charge in [0.15, 0.2) is 0 Å². The van der Waals surface area contributed by atoms with Crippen LogP contribution in [0.5, 0.6) is 0 Å². The zero-order valence-electron chi connectivity index (χ0n) is 10.5. The van der Waals surface area contributed by atoms with Gasteiger partial charge in [0.05, 0.1) is 16.1 Å². The fourth-order valence-electron chi connectivity index (χ4n) is 2.76. The molecule has 1 atom stereocenters. The lowest BCUT2D eigenvalue weighted by Gasteiger charge is -2.27. The number of hydrogen-bond acceptors (Lipinski definition) is 1. The molecule has 1 aliphatic heterocycles. The first kappa shape index (κ1) is 12.8. The fourth-order valence-corrected chi connectivity index (χ4v) is 3.07. The van der Waals surface area contributed by atoms with Crippen LogP contribution in [0.1, 0.15) is 24.4 Å². The lowest BCUT2D eigenvalue weighted by Crippen LogP contribution is -2.22. The Balaban J connectivity index is 1.93. The van der Waals surface area contributed by atoms with E-state index in [4.69, 9.17) is 23.2 Å². The number of hydrogen-bond donors (Lipinski definition) is 0. The number of anilines is 1. The largest absolute Gasteiger partial charge is 0.364 e. The van der Waals surface area contributed by atoms with Crippen molar-refractivity contribution in [2.45, 2.75) is 18.9 Å². The summed E-state index contributed by atoms with van der Waals surface area (Å²) in [6.07, 6.45) is 2.37. The minimum Gasteiger partial charge on any atom is -0.364 e. The topological polar surface area (TPSA) is 3.24 Å². The maximum atomic E-state index is 6.14.